The van der Waals surface area contributed by atoms with Crippen LogP contribution in [0.25, 0.3) is 0 Å². The smallest absolute Gasteiger partial charge is 0.247 e. The van der Waals surface area contributed by atoms with Crippen LogP contribution in [0.1, 0.15) is 43.4 Å². The number of hydrogen-bond donors (Lipinski definition) is 1. The van der Waals surface area contributed by atoms with E-state index in [1.165, 1.54) is 0 Å². The average Bonchev–Trinajstić information content (AvgIpc) is 2.72. The van der Waals surface area contributed by atoms with E-state index in [9.17, 15) is 9.59 Å². The van der Waals surface area contributed by atoms with E-state index in [1.54, 1.807) is 12.0 Å². The number of ether oxygens (including phenoxy) is 1. The number of hydrogen-bond acceptors (Lipinski definition) is 3. The lowest BCUT2D eigenvalue weighted by atomic mass is 10.0. The first-order valence-electron chi connectivity index (χ1n) is 9.82. The Bertz CT molecular complexity index is 719. The van der Waals surface area contributed by atoms with Crippen molar-refractivity contribution in [3.8, 4) is 0 Å². The minimum Gasteiger partial charge on any atom is -0.385 e. The summed E-state index contributed by atoms with van der Waals surface area (Å²) in [6.07, 6.45) is 1.87. The van der Waals surface area contributed by atoms with Crippen LogP contribution in [-0.4, -0.2) is 37.0 Å². The maximum Gasteiger partial charge on any atom is 0.247 e. The van der Waals surface area contributed by atoms with Crippen LogP contribution in [-0.2, 0) is 20.9 Å². The van der Waals surface area contributed by atoms with Gasteiger partial charge in [-0.3, -0.25) is 9.59 Å². The summed E-state index contributed by atoms with van der Waals surface area (Å²) in [5.41, 5.74) is 1.81. The zero-order chi connectivity index (χ0) is 20.2. The maximum atomic E-state index is 13.1. The summed E-state index contributed by atoms with van der Waals surface area (Å²) in [4.78, 5) is 27.8. The van der Waals surface area contributed by atoms with Gasteiger partial charge in [0.25, 0.3) is 0 Å². The van der Waals surface area contributed by atoms with Gasteiger partial charge in [0.15, 0.2) is 0 Å². The van der Waals surface area contributed by atoms with Crippen molar-refractivity contribution in [3.63, 3.8) is 0 Å². The summed E-state index contributed by atoms with van der Waals surface area (Å²) < 4.78 is 5.05. The molecule has 1 atom stereocenters. The zero-order valence-electron chi connectivity index (χ0n) is 16.8. The van der Waals surface area contributed by atoms with Crippen molar-refractivity contribution < 1.29 is 14.3 Å². The number of methoxy groups -OCH3 is 1. The third-order valence-corrected chi connectivity index (χ3v) is 4.48. The molecule has 2 amide bonds. The molecular weight excluding hydrogens is 352 g/mol. The van der Waals surface area contributed by atoms with Crippen molar-refractivity contribution in [3.05, 3.63) is 71.8 Å². The molecular formula is C23H30N2O3. The fourth-order valence-electron chi connectivity index (χ4n) is 3.09. The predicted octanol–water partition coefficient (Wildman–Crippen LogP) is 3.71. The lowest BCUT2D eigenvalue weighted by molar-refractivity contribution is -0.141. The molecule has 5 heteroatoms. The van der Waals surface area contributed by atoms with E-state index >= 15 is 0 Å². The van der Waals surface area contributed by atoms with Crippen LogP contribution < -0.4 is 5.32 Å². The first-order valence-corrected chi connectivity index (χ1v) is 9.82. The molecule has 0 unspecified atom stereocenters. The summed E-state index contributed by atoms with van der Waals surface area (Å²) in [5.74, 6) is -0.185. The van der Waals surface area contributed by atoms with Crippen LogP contribution in [0.5, 0.6) is 0 Å². The highest BCUT2D eigenvalue weighted by Crippen LogP contribution is 2.25. The minimum absolute atomic E-state index is 0.0211. The van der Waals surface area contributed by atoms with Crippen LogP contribution >= 0.6 is 0 Å². The van der Waals surface area contributed by atoms with Crippen LogP contribution in [0.15, 0.2) is 60.7 Å². The molecule has 2 aromatic rings. The second-order valence-corrected chi connectivity index (χ2v) is 6.71. The van der Waals surface area contributed by atoms with Crippen molar-refractivity contribution in [1.82, 2.24) is 10.2 Å². The number of nitrogens with one attached hydrogen (secondary N) is 1. The van der Waals surface area contributed by atoms with Gasteiger partial charge < -0.3 is 15.0 Å². The second-order valence-electron chi connectivity index (χ2n) is 6.71. The molecule has 2 aromatic carbocycles. The maximum absolute atomic E-state index is 13.1. The molecule has 0 heterocycles. The minimum atomic E-state index is -0.664. The van der Waals surface area contributed by atoms with Crippen LogP contribution in [0.3, 0.4) is 0 Å². The fourth-order valence-corrected chi connectivity index (χ4v) is 3.09. The van der Waals surface area contributed by atoms with Crippen LogP contribution in [0.2, 0.25) is 0 Å². The van der Waals surface area contributed by atoms with Gasteiger partial charge in [-0.05, 0) is 24.0 Å². The summed E-state index contributed by atoms with van der Waals surface area (Å²) >= 11 is 0. The van der Waals surface area contributed by atoms with Crippen molar-refractivity contribution in [1.29, 1.82) is 0 Å². The van der Waals surface area contributed by atoms with E-state index in [-0.39, 0.29) is 11.8 Å². The Hall–Kier alpha value is -2.66. The summed E-state index contributed by atoms with van der Waals surface area (Å²) in [6, 6.07) is 18.6. The third kappa shape index (κ3) is 6.50. The molecule has 0 aliphatic carbocycles. The highest BCUT2D eigenvalue weighted by molar-refractivity contribution is 5.88. The Morgan fingerprint density at radius 1 is 1.04 bits per heavy atom. The topological polar surface area (TPSA) is 58.6 Å². The van der Waals surface area contributed by atoms with Gasteiger partial charge in [-0.1, -0.05) is 67.6 Å². The molecule has 0 spiro atoms. The Balaban J connectivity index is 2.31. The van der Waals surface area contributed by atoms with E-state index in [2.05, 4.69) is 5.32 Å². The number of rotatable bonds is 11. The van der Waals surface area contributed by atoms with E-state index in [4.69, 9.17) is 4.74 Å². The molecule has 1 N–H and O–H groups in total. The lowest BCUT2D eigenvalue weighted by Gasteiger charge is -2.31. The quantitative estimate of drug-likeness (QED) is 0.603. The molecule has 0 aliphatic heterocycles. The molecule has 28 heavy (non-hydrogen) atoms. The molecule has 0 saturated heterocycles. The first kappa shape index (κ1) is 21.6. The van der Waals surface area contributed by atoms with E-state index in [1.807, 2.05) is 67.6 Å². The molecule has 0 saturated carbocycles. The van der Waals surface area contributed by atoms with Crippen LogP contribution in [0.4, 0.5) is 0 Å². The van der Waals surface area contributed by atoms with E-state index in [0.717, 1.165) is 24.0 Å². The van der Waals surface area contributed by atoms with Gasteiger partial charge in [0.1, 0.15) is 6.04 Å². The normalized spacial score (nSPS) is 11.6. The molecule has 5 nitrogen and oxygen atoms in total. The molecule has 0 aliphatic rings. The lowest BCUT2D eigenvalue weighted by Crippen LogP contribution is -2.43. The van der Waals surface area contributed by atoms with Gasteiger partial charge in [0.2, 0.25) is 11.8 Å². The van der Waals surface area contributed by atoms with Crippen molar-refractivity contribution >= 4 is 11.8 Å². The molecule has 0 fully saturated rings. The van der Waals surface area contributed by atoms with E-state index in [0.29, 0.717) is 26.1 Å². The second kappa shape index (κ2) is 11.9. The summed E-state index contributed by atoms with van der Waals surface area (Å²) in [7, 11) is 1.64. The number of amides is 2. The molecule has 0 bridgehead atoms. The fraction of sp³-hybridized carbons (Fsp3) is 0.391. The Kier molecular flexibility index (Phi) is 9.22. The number of nitrogens with zero attached hydrogens (tertiary/aromatic N) is 1. The van der Waals surface area contributed by atoms with Gasteiger partial charge in [0, 0.05) is 33.2 Å². The molecule has 0 radical (unpaired) electrons. The Morgan fingerprint density at radius 3 is 2.29 bits per heavy atom. The zero-order valence-corrected chi connectivity index (χ0v) is 16.8. The largest absolute Gasteiger partial charge is 0.385 e. The van der Waals surface area contributed by atoms with Crippen molar-refractivity contribution in [2.45, 2.75) is 38.8 Å². The highest BCUT2D eigenvalue weighted by Gasteiger charge is 2.30. The van der Waals surface area contributed by atoms with E-state index < -0.39 is 6.04 Å². The van der Waals surface area contributed by atoms with Crippen LogP contribution in [0, 0.1) is 0 Å². The SMILES string of the molecule is CCCC(=O)N(Cc1ccccc1)[C@@H](C(=O)NCCCOC)c1ccccc1. The van der Waals surface area contributed by atoms with Crippen molar-refractivity contribution in [2.75, 3.05) is 20.3 Å². The summed E-state index contributed by atoms with van der Waals surface area (Å²) in [5, 5.41) is 2.97. The van der Waals surface area contributed by atoms with Gasteiger partial charge in [0.05, 0.1) is 0 Å². The van der Waals surface area contributed by atoms with Crippen molar-refractivity contribution in [2.24, 2.45) is 0 Å². The number of carbonyl (C=O) groups is 2. The third-order valence-electron chi connectivity index (χ3n) is 4.48. The molecule has 2 rings (SSSR count). The molecule has 0 aromatic heterocycles. The Morgan fingerprint density at radius 2 is 1.68 bits per heavy atom. The predicted molar refractivity (Wildman–Crippen MR) is 111 cm³/mol. The Labute approximate surface area is 167 Å². The standard InChI is InChI=1S/C23H30N2O3/c1-3-11-21(26)25(18-19-12-6-4-7-13-19)22(20-14-8-5-9-15-20)23(27)24-16-10-17-28-2/h4-9,12-15,22H,3,10-11,16-18H2,1-2H3,(H,24,27)/t22-/m1/s1. The van der Waals surface area contributed by atoms with Gasteiger partial charge in [-0.15, -0.1) is 0 Å². The average molecular weight is 383 g/mol. The first-order chi connectivity index (χ1) is 13.7. The van der Waals surface area contributed by atoms with Gasteiger partial charge in [-0.25, -0.2) is 0 Å². The number of benzene rings is 2. The molecule has 150 valence electrons. The van der Waals surface area contributed by atoms with Gasteiger partial charge in [-0.2, -0.15) is 0 Å². The van der Waals surface area contributed by atoms with Gasteiger partial charge >= 0.3 is 0 Å². The summed E-state index contributed by atoms with van der Waals surface area (Å²) in [6.45, 7) is 3.46. The number of carbonyl (C=O) groups excluding carboxylic acids is 2. The monoisotopic (exact) mass is 382 g/mol. The highest BCUT2D eigenvalue weighted by atomic mass is 16.5.